The number of benzene rings is 1. The molecule has 0 aliphatic carbocycles. The molecule has 0 saturated carbocycles. The van der Waals surface area contributed by atoms with Crippen molar-refractivity contribution in [3.8, 4) is 11.5 Å². The fraction of sp³-hybridized carbons (Fsp3) is 0.273. The first-order valence-electron chi connectivity index (χ1n) is 5.11. The van der Waals surface area contributed by atoms with Gasteiger partial charge >= 0.3 is 0 Å². The molecule has 0 bridgehead atoms. The number of aromatic amines is 1. The minimum Gasteiger partial charge on any atom is -0.490 e. The number of ether oxygens (including phenoxy) is 2. The van der Waals surface area contributed by atoms with Crippen molar-refractivity contribution in [3.63, 3.8) is 0 Å². The van der Waals surface area contributed by atoms with Crippen LogP contribution in [-0.4, -0.2) is 23.2 Å². The number of hydrogen-bond acceptors (Lipinski definition) is 4. The second kappa shape index (κ2) is 3.75. The first-order valence-corrected chi connectivity index (χ1v) is 5.52. The van der Waals surface area contributed by atoms with Gasteiger partial charge in [-0.3, -0.25) is 0 Å². The van der Waals surface area contributed by atoms with Gasteiger partial charge in [-0.1, -0.05) is 12.2 Å². The predicted octanol–water partition coefficient (Wildman–Crippen LogP) is 2.45. The summed E-state index contributed by atoms with van der Waals surface area (Å²) in [7, 11) is 0. The van der Waals surface area contributed by atoms with Crippen LogP contribution in [0.4, 0.5) is 0 Å². The molecule has 1 aliphatic heterocycles. The molecule has 0 amide bonds. The molecule has 16 heavy (non-hydrogen) atoms. The summed E-state index contributed by atoms with van der Waals surface area (Å²) >= 11 is 5.17. The SMILES string of the molecule is S=c1nc[nH]c2cc3c(cc12)OCCCO3. The van der Waals surface area contributed by atoms with Gasteiger partial charge in [0.15, 0.2) is 11.5 Å². The quantitative estimate of drug-likeness (QED) is 0.711. The van der Waals surface area contributed by atoms with Gasteiger partial charge in [-0.2, -0.15) is 0 Å². The van der Waals surface area contributed by atoms with E-state index in [0.29, 0.717) is 17.9 Å². The molecule has 0 saturated heterocycles. The van der Waals surface area contributed by atoms with Crippen molar-refractivity contribution in [1.82, 2.24) is 9.97 Å². The maximum absolute atomic E-state index is 5.60. The highest BCUT2D eigenvalue weighted by atomic mass is 32.1. The summed E-state index contributed by atoms with van der Waals surface area (Å²) < 4.78 is 11.8. The maximum Gasteiger partial charge on any atom is 0.163 e. The summed E-state index contributed by atoms with van der Waals surface area (Å²) in [4.78, 5) is 7.09. The molecule has 82 valence electrons. The van der Waals surface area contributed by atoms with Gasteiger partial charge in [0.25, 0.3) is 0 Å². The molecule has 0 fully saturated rings. The Morgan fingerprint density at radius 2 is 1.94 bits per heavy atom. The van der Waals surface area contributed by atoms with E-state index in [1.54, 1.807) is 6.33 Å². The smallest absolute Gasteiger partial charge is 0.163 e. The molecule has 0 radical (unpaired) electrons. The fourth-order valence-corrected chi connectivity index (χ4v) is 1.96. The summed E-state index contributed by atoms with van der Waals surface area (Å²) in [5, 5.41) is 0.891. The number of aromatic nitrogens is 2. The predicted molar refractivity (Wildman–Crippen MR) is 62.5 cm³/mol. The van der Waals surface area contributed by atoms with E-state index < -0.39 is 0 Å². The summed E-state index contributed by atoms with van der Waals surface area (Å²) in [6, 6.07) is 3.80. The average Bonchev–Trinajstić information content (AvgIpc) is 2.52. The zero-order valence-electron chi connectivity index (χ0n) is 8.53. The fourth-order valence-electron chi connectivity index (χ4n) is 1.74. The second-order valence-corrected chi connectivity index (χ2v) is 3.99. The summed E-state index contributed by atoms with van der Waals surface area (Å²) in [5.41, 5.74) is 0.921. The molecule has 2 aromatic rings. The van der Waals surface area contributed by atoms with Crippen LogP contribution in [0, 0.1) is 4.64 Å². The van der Waals surface area contributed by atoms with Gasteiger partial charge in [0, 0.05) is 17.9 Å². The molecular weight excluding hydrogens is 224 g/mol. The van der Waals surface area contributed by atoms with Gasteiger partial charge in [-0.25, -0.2) is 4.98 Å². The number of H-pyrrole nitrogens is 1. The molecular formula is C11H10N2O2S. The number of hydrogen-bond donors (Lipinski definition) is 1. The molecule has 5 heteroatoms. The van der Waals surface area contributed by atoms with Gasteiger partial charge in [0.1, 0.15) is 4.64 Å². The van der Waals surface area contributed by atoms with Gasteiger partial charge < -0.3 is 14.5 Å². The Balaban J connectivity index is 2.28. The minimum absolute atomic E-state index is 0.574. The first-order chi connectivity index (χ1) is 7.84. The zero-order valence-corrected chi connectivity index (χ0v) is 9.34. The van der Waals surface area contributed by atoms with E-state index >= 15 is 0 Å². The van der Waals surface area contributed by atoms with Crippen molar-refractivity contribution in [1.29, 1.82) is 0 Å². The van der Waals surface area contributed by atoms with Crippen molar-refractivity contribution in [2.45, 2.75) is 6.42 Å². The molecule has 3 rings (SSSR count). The van der Waals surface area contributed by atoms with E-state index in [0.717, 1.165) is 28.8 Å². The molecule has 1 aliphatic rings. The van der Waals surface area contributed by atoms with Crippen molar-refractivity contribution in [2.24, 2.45) is 0 Å². The normalized spacial score (nSPS) is 14.8. The minimum atomic E-state index is 0.574. The number of fused-ring (bicyclic) bond motifs is 2. The molecule has 0 unspecified atom stereocenters. The molecule has 0 spiro atoms. The van der Waals surface area contributed by atoms with Crippen LogP contribution in [0.5, 0.6) is 11.5 Å². The van der Waals surface area contributed by atoms with Gasteiger partial charge in [-0.05, 0) is 6.07 Å². The maximum atomic E-state index is 5.60. The summed E-state index contributed by atoms with van der Waals surface area (Å²) in [6.45, 7) is 1.36. The Hall–Kier alpha value is -1.62. The molecule has 1 aromatic carbocycles. The zero-order chi connectivity index (χ0) is 11.0. The lowest BCUT2D eigenvalue weighted by Crippen LogP contribution is -1.97. The van der Waals surface area contributed by atoms with E-state index in [1.165, 1.54) is 0 Å². The lowest BCUT2D eigenvalue weighted by atomic mass is 10.2. The third-order valence-electron chi connectivity index (χ3n) is 2.52. The van der Waals surface area contributed by atoms with E-state index in [4.69, 9.17) is 21.7 Å². The van der Waals surface area contributed by atoms with Crippen LogP contribution in [0.3, 0.4) is 0 Å². The van der Waals surface area contributed by atoms with Gasteiger partial charge in [0.2, 0.25) is 0 Å². The standard InChI is InChI=1S/C11H10N2O2S/c16-11-7-4-9-10(15-3-1-2-14-9)5-8(7)12-6-13-11/h4-6H,1-3H2,(H,12,13,16). The average molecular weight is 234 g/mol. The van der Waals surface area contributed by atoms with E-state index in [-0.39, 0.29) is 0 Å². The summed E-state index contributed by atoms with van der Waals surface area (Å²) in [5.74, 6) is 1.51. The largest absolute Gasteiger partial charge is 0.490 e. The van der Waals surface area contributed by atoms with Crippen molar-refractivity contribution in [2.75, 3.05) is 13.2 Å². The topological polar surface area (TPSA) is 47.1 Å². The van der Waals surface area contributed by atoms with E-state index in [2.05, 4.69) is 9.97 Å². The Kier molecular flexibility index (Phi) is 2.25. The number of nitrogens with zero attached hydrogens (tertiary/aromatic N) is 1. The Morgan fingerprint density at radius 1 is 1.19 bits per heavy atom. The first kappa shape index (κ1) is 9.59. The molecule has 0 atom stereocenters. The number of rotatable bonds is 0. The van der Waals surface area contributed by atoms with Crippen molar-refractivity contribution >= 4 is 23.1 Å². The highest BCUT2D eigenvalue weighted by Gasteiger charge is 2.12. The Morgan fingerprint density at radius 3 is 2.75 bits per heavy atom. The van der Waals surface area contributed by atoms with Crippen LogP contribution in [0.2, 0.25) is 0 Å². The van der Waals surface area contributed by atoms with Crippen molar-refractivity contribution < 1.29 is 9.47 Å². The van der Waals surface area contributed by atoms with Crippen LogP contribution >= 0.6 is 12.2 Å². The van der Waals surface area contributed by atoms with Crippen LogP contribution in [0.15, 0.2) is 18.5 Å². The number of nitrogens with one attached hydrogen (secondary N) is 1. The van der Waals surface area contributed by atoms with Crippen LogP contribution < -0.4 is 9.47 Å². The third kappa shape index (κ3) is 1.53. The van der Waals surface area contributed by atoms with Crippen LogP contribution in [0.25, 0.3) is 10.9 Å². The third-order valence-corrected chi connectivity index (χ3v) is 2.85. The van der Waals surface area contributed by atoms with Crippen LogP contribution in [-0.2, 0) is 0 Å². The lowest BCUT2D eigenvalue weighted by Gasteiger charge is -2.08. The Labute approximate surface area is 97.2 Å². The molecule has 1 N–H and O–H groups in total. The van der Waals surface area contributed by atoms with Gasteiger partial charge in [-0.15, -0.1) is 0 Å². The second-order valence-electron chi connectivity index (χ2n) is 3.60. The molecule has 4 nitrogen and oxygen atoms in total. The summed E-state index contributed by atoms with van der Waals surface area (Å²) in [6.07, 6.45) is 2.49. The van der Waals surface area contributed by atoms with Crippen molar-refractivity contribution in [3.05, 3.63) is 23.1 Å². The Bertz CT molecular complexity index is 594. The van der Waals surface area contributed by atoms with E-state index in [9.17, 15) is 0 Å². The molecule has 2 heterocycles. The highest BCUT2D eigenvalue weighted by molar-refractivity contribution is 7.71. The highest BCUT2D eigenvalue weighted by Crippen LogP contribution is 2.33. The van der Waals surface area contributed by atoms with Gasteiger partial charge in [0.05, 0.1) is 25.1 Å². The lowest BCUT2D eigenvalue weighted by molar-refractivity contribution is 0.297. The van der Waals surface area contributed by atoms with Crippen LogP contribution in [0.1, 0.15) is 6.42 Å². The van der Waals surface area contributed by atoms with E-state index in [1.807, 2.05) is 12.1 Å². The molecule has 1 aromatic heterocycles. The monoisotopic (exact) mass is 234 g/mol.